The number of rotatable bonds is 2. The molecular weight excluding hydrogens is 97.5 g/mol. The van der Waals surface area contributed by atoms with Gasteiger partial charge in [0.05, 0.1) is 0 Å². The Labute approximate surface area is 44.3 Å². The Balaban J connectivity index is 0. The Bertz CT molecular complexity index is 15.0. The summed E-state index contributed by atoms with van der Waals surface area (Å²) >= 11 is 5.30. The molecule has 3 N–H and O–H groups in total. The molecule has 0 aromatic rings. The summed E-state index contributed by atoms with van der Waals surface area (Å²) in [7, 11) is 0. The van der Waals surface area contributed by atoms with Crippen LogP contribution in [0.1, 0.15) is 19.8 Å². The van der Waals surface area contributed by atoms with Crippen LogP contribution in [0.3, 0.4) is 0 Å². The van der Waals surface area contributed by atoms with Crippen molar-refractivity contribution in [2.75, 3.05) is 5.88 Å². The van der Waals surface area contributed by atoms with Gasteiger partial charge in [-0.1, -0.05) is 13.3 Å². The van der Waals surface area contributed by atoms with Crippen molar-refractivity contribution in [2.45, 2.75) is 19.8 Å². The minimum Gasteiger partial charge on any atom is -0.344 e. The van der Waals surface area contributed by atoms with Crippen molar-refractivity contribution in [1.29, 1.82) is 0 Å². The summed E-state index contributed by atoms with van der Waals surface area (Å²) in [5.41, 5.74) is 0. The summed E-state index contributed by atoms with van der Waals surface area (Å²) in [4.78, 5) is 0. The number of halogens is 1. The lowest BCUT2D eigenvalue weighted by atomic mass is 10.4. The minimum atomic E-state index is 0. The molecule has 0 radical (unpaired) electrons. The fourth-order valence-electron chi connectivity index (χ4n) is 0.134. The zero-order chi connectivity index (χ0) is 4.12. The zero-order valence-electron chi connectivity index (χ0n) is 4.21. The maximum atomic E-state index is 5.30. The van der Waals surface area contributed by atoms with Crippen LogP contribution in [-0.2, 0) is 0 Å². The molecule has 0 bridgehead atoms. The monoisotopic (exact) mass is 109 g/mol. The molecule has 0 saturated heterocycles. The van der Waals surface area contributed by atoms with Gasteiger partial charge in [0, 0.05) is 5.88 Å². The molecule has 0 aliphatic carbocycles. The van der Waals surface area contributed by atoms with Crippen LogP contribution in [-0.4, -0.2) is 5.88 Å². The third-order valence-electron chi connectivity index (χ3n) is 0.487. The van der Waals surface area contributed by atoms with Gasteiger partial charge in [-0.15, -0.1) is 11.6 Å². The molecule has 40 valence electrons. The first-order valence-electron chi connectivity index (χ1n) is 1.97. The van der Waals surface area contributed by atoms with Gasteiger partial charge in [0.1, 0.15) is 0 Å². The first kappa shape index (κ1) is 9.54. The van der Waals surface area contributed by atoms with Gasteiger partial charge >= 0.3 is 0 Å². The van der Waals surface area contributed by atoms with Gasteiger partial charge < -0.3 is 6.15 Å². The molecule has 0 atom stereocenters. The van der Waals surface area contributed by atoms with Gasteiger partial charge in [0.2, 0.25) is 0 Å². The highest BCUT2D eigenvalue weighted by atomic mass is 35.5. The quantitative estimate of drug-likeness (QED) is 0.542. The fourth-order valence-corrected chi connectivity index (χ4v) is 0.401. The van der Waals surface area contributed by atoms with Gasteiger partial charge in [-0.05, 0) is 6.42 Å². The van der Waals surface area contributed by atoms with Crippen LogP contribution in [0.5, 0.6) is 0 Å². The minimum absolute atomic E-state index is 0. The summed E-state index contributed by atoms with van der Waals surface area (Å²) < 4.78 is 0. The van der Waals surface area contributed by atoms with E-state index in [9.17, 15) is 0 Å². The SMILES string of the molecule is CCCCCl.N. The molecule has 0 aliphatic rings. The molecule has 0 aliphatic heterocycles. The average Bonchev–Trinajstić information content (AvgIpc) is 1.41. The van der Waals surface area contributed by atoms with Crippen LogP contribution in [0.2, 0.25) is 0 Å². The summed E-state index contributed by atoms with van der Waals surface area (Å²) in [6.07, 6.45) is 2.37. The van der Waals surface area contributed by atoms with Gasteiger partial charge in [-0.3, -0.25) is 0 Å². The van der Waals surface area contributed by atoms with E-state index in [0.717, 1.165) is 12.3 Å². The lowest BCUT2D eigenvalue weighted by Gasteiger charge is -1.77. The average molecular weight is 110 g/mol. The second-order valence-electron chi connectivity index (χ2n) is 1.04. The molecule has 6 heavy (non-hydrogen) atoms. The van der Waals surface area contributed by atoms with Crippen molar-refractivity contribution in [2.24, 2.45) is 0 Å². The Morgan fingerprint density at radius 2 is 2.00 bits per heavy atom. The highest BCUT2D eigenvalue weighted by molar-refractivity contribution is 6.17. The van der Waals surface area contributed by atoms with Crippen molar-refractivity contribution >= 4 is 11.6 Å². The van der Waals surface area contributed by atoms with E-state index >= 15 is 0 Å². The van der Waals surface area contributed by atoms with E-state index in [-0.39, 0.29) is 6.15 Å². The number of hydrogen-bond acceptors (Lipinski definition) is 1. The van der Waals surface area contributed by atoms with E-state index in [1.807, 2.05) is 0 Å². The Morgan fingerprint density at radius 1 is 1.50 bits per heavy atom. The topological polar surface area (TPSA) is 35.0 Å². The van der Waals surface area contributed by atoms with Crippen LogP contribution in [0.4, 0.5) is 0 Å². The highest BCUT2D eigenvalue weighted by Gasteiger charge is 1.70. The lowest BCUT2D eigenvalue weighted by Crippen LogP contribution is -1.65. The Kier molecular flexibility index (Phi) is 14.3. The predicted octanol–water partition coefficient (Wildman–Crippen LogP) is 2.19. The molecule has 0 spiro atoms. The second-order valence-corrected chi connectivity index (χ2v) is 1.42. The summed E-state index contributed by atoms with van der Waals surface area (Å²) in [5.74, 6) is 0.816. The lowest BCUT2D eigenvalue weighted by molar-refractivity contribution is 0.892. The smallest absolute Gasteiger partial charge is 0.0223 e. The van der Waals surface area contributed by atoms with Crippen LogP contribution < -0.4 is 6.15 Å². The van der Waals surface area contributed by atoms with E-state index in [2.05, 4.69) is 6.92 Å². The molecule has 0 fully saturated rings. The van der Waals surface area contributed by atoms with E-state index in [0.29, 0.717) is 0 Å². The maximum absolute atomic E-state index is 5.30. The van der Waals surface area contributed by atoms with Gasteiger partial charge in [-0.25, -0.2) is 0 Å². The number of unbranched alkanes of at least 4 members (excludes halogenated alkanes) is 1. The third kappa shape index (κ3) is 8.87. The number of alkyl halides is 1. The van der Waals surface area contributed by atoms with E-state index in [4.69, 9.17) is 11.6 Å². The first-order valence-corrected chi connectivity index (χ1v) is 2.51. The van der Waals surface area contributed by atoms with Gasteiger partial charge in [0.15, 0.2) is 0 Å². The normalized spacial score (nSPS) is 7.00. The first-order chi connectivity index (χ1) is 2.41. The second kappa shape index (κ2) is 8.98. The van der Waals surface area contributed by atoms with Gasteiger partial charge in [0.25, 0.3) is 0 Å². The van der Waals surface area contributed by atoms with Crippen LogP contribution in [0, 0.1) is 0 Å². The molecule has 0 amide bonds. The Hall–Kier alpha value is 0.250. The van der Waals surface area contributed by atoms with Crippen molar-refractivity contribution in [3.8, 4) is 0 Å². The molecule has 0 aromatic carbocycles. The number of hydrogen-bond donors (Lipinski definition) is 1. The highest BCUT2D eigenvalue weighted by Crippen LogP contribution is 1.86. The van der Waals surface area contributed by atoms with Crippen molar-refractivity contribution < 1.29 is 0 Å². The van der Waals surface area contributed by atoms with Crippen molar-refractivity contribution in [1.82, 2.24) is 6.15 Å². The van der Waals surface area contributed by atoms with E-state index < -0.39 is 0 Å². The maximum Gasteiger partial charge on any atom is 0.0223 e. The molecule has 0 aromatic heterocycles. The molecule has 0 rings (SSSR count). The van der Waals surface area contributed by atoms with E-state index in [1.165, 1.54) is 6.42 Å². The van der Waals surface area contributed by atoms with Crippen LogP contribution in [0.15, 0.2) is 0 Å². The van der Waals surface area contributed by atoms with Crippen LogP contribution in [0.25, 0.3) is 0 Å². The third-order valence-corrected chi connectivity index (χ3v) is 0.754. The largest absolute Gasteiger partial charge is 0.344 e. The van der Waals surface area contributed by atoms with Gasteiger partial charge in [-0.2, -0.15) is 0 Å². The molecule has 0 unspecified atom stereocenters. The van der Waals surface area contributed by atoms with Crippen molar-refractivity contribution in [3.05, 3.63) is 0 Å². The summed E-state index contributed by atoms with van der Waals surface area (Å²) in [5, 5.41) is 0. The fraction of sp³-hybridized carbons (Fsp3) is 1.00. The Morgan fingerprint density at radius 3 is 2.00 bits per heavy atom. The van der Waals surface area contributed by atoms with Crippen molar-refractivity contribution in [3.63, 3.8) is 0 Å². The predicted molar refractivity (Wildman–Crippen MR) is 30.7 cm³/mol. The molecule has 1 nitrogen and oxygen atoms in total. The zero-order valence-corrected chi connectivity index (χ0v) is 4.96. The molecule has 0 saturated carbocycles. The standard InChI is InChI=1S/C4H9Cl.H3N/c1-2-3-4-5;/h2-4H2,1H3;1H3. The van der Waals surface area contributed by atoms with Crippen LogP contribution >= 0.6 is 11.6 Å². The summed E-state index contributed by atoms with van der Waals surface area (Å²) in [6, 6.07) is 0. The molecular formula is C4H12ClN. The molecule has 0 heterocycles. The molecule has 2 heteroatoms. The van der Waals surface area contributed by atoms with E-state index in [1.54, 1.807) is 0 Å². The summed E-state index contributed by atoms with van der Waals surface area (Å²) in [6.45, 7) is 2.13.